The maximum Gasteiger partial charge on any atom is 0.344 e. The van der Waals surface area contributed by atoms with Crippen LogP contribution in [0.3, 0.4) is 0 Å². The molecule has 6 nitrogen and oxygen atoms in total. The van der Waals surface area contributed by atoms with Crippen molar-refractivity contribution in [3.63, 3.8) is 0 Å². The highest BCUT2D eigenvalue weighted by Crippen LogP contribution is 2.19. The molecule has 31 heavy (non-hydrogen) atoms. The molecule has 0 radical (unpaired) electrons. The van der Waals surface area contributed by atoms with Crippen LogP contribution in [0, 0.1) is 13.8 Å². The fourth-order valence-corrected chi connectivity index (χ4v) is 3.30. The van der Waals surface area contributed by atoms with E-state index in [2.05, 4.69) is 4.57 Å². The largest absolute Gasteiger partial charge is 0.494 e. The van der Waals surface area contributed by atoms with E-state index in [4.69, 9.17) is 14.2 Å². The van der Waals surface area contributed by atoms with Crippen LogP contribution in [-0.2, 0) is 16.1 Å². The van der Waals surface area contributed by atoms with Gasteiger partial charge in [-0.25, -0.2) is 4.79 Å². The normalized spacial score (nSPS) is 10.5. The predicted octanol–water partition coefficient (Wildman–Crippen LogP) is 4.36. The molecule has 162 valence electrons. The number of hydrogen-bond donors (Lipinski definition) is 0. The van der Waals surface area contributed by atoms with Gasteiger partial charge in [0.05, 0.1) is 6.61 Å². The number of Topliss-reactive ketones (excluding diaryl/α,β-unsaturated/α-hetero) is 1. The van der Waals surface area contributed by atoms with E-state index in [1.807, 2.05) is 57.2 Å². The van der Waals surface area contributed by atoms with Crippen molar-refractivity contribution in [1.82, 2.24) is 4.57 Å². The smallest absolute Gasteiger partial charge is 0.344 e. The second-order valence-corrected chi connectivity index (χ2v) is 7.13. The average molecular weight is 421 g/mol. The SMILES string of the molecule is CCOc1ccc(OCC(=O)OCC(=O)c2cc(C)n(Cc3ccccc3)c2C)cc1. The Kier molecular flexibility index (Phi) is 7.49. The number of ketones is 1. The molecule has 3 rings (SSSR count). The molecule has 0 saturated carbocycles. The van der Waals surface area contributed by atoms with Gasteiger partial charge in [-0.15, -0.1) is 0 Å². The summed E-state index contributed by atoms with van der Waals surface area (Å²) in [6.45, 7) is 6.44. The monoisotopic (exact) mass is 421 g/mol. The number of carbonyl (C=O) groups is 2. The molecule has 0 atom stereocenters. The number of ether oxygens (including phenoxy) is 3. The van der Waals surface area contributed by atoms with E-state index < -0.39 is 5.97 Å². The first kappa shape index (κ1) is 22.2. The lowest BCUT2D eigenvalue weighted by Crippen LogP contribution is -2.20. The van der Waals surface area contributed by atoms with Gasteiger partial charge in [0, 0.05) is 23.5 Å². The number of esters is 1. The Morgan fingerprint density at radius 1 is 0.871 bits per heavy atom. The van der Waals surface area contributed by atoms with Crippen LogP contribution in [-0.4, -0.2) is 36.1 Å². The molecule has 1 heterocycles. The zero-order valence-electron chi connectivity index (χ0n) is 18.1. The molecule has 0 aliphatic heterocycles. The van der Waals surface area contributed by atoms with Crippen molar-refractivity contribution in [1.29, 1.82) is 0 Å². The molecule has 0 fully saturated rings. The van der Waals surface area contributed by atoms with Gasteiger partial charge in [0.2, 0.25) is 5.78 Å². The van der Waals surface area contributed by atoms with Gasteiger partial charge in [-0.2, -0.15) is 0 Å². The maximum atomic E-state index is 12.6. The Morgan fingerprint density at radius 2 is 1.52 bits per heavy atom. The summed E-state index contributed by atoms with van der Waals surface area (Å²) in [4.78, 5) is 24.6. The van der Waals surface area contributed by atoms with E-state index in [0.29, 0.717) is 24.5 Å². The molecule has 0 bridgehead atoms. The van der Waals surface area contributed by atoms with Gasteiger partial charge in [-0.1, -0.05) is 30.3 Å². The quantitative estimate of drug-likeness (QED) is 0.360. The fraction of sp³-hybridized carbons (Fsp3) is 0.280. The van der Waals surface area contributed by atoms with Gasteiger partial charge in [-0.05, 0) is 56.7 Å². The van der Waals surface area contributed by atoms with Gasteiger partial charge >= 0.3 is 5.97 Å². The van der Waals surface area contributed by atoms with Gasteiger partial charge in [-0.3, -0.25) is 4.79 Å². The molecule has 0 spiro atoms. The average Bonchev–Trinajstić information content (AvgIpc) is 3.06. The van der Waals surface area contributed by atoms with Crippen molar-refractivity contribution in [3.8, 4) is 11.5 Å². The molecule has 0 N–H and O–H groups in total. The number of benzene rings is 2. The third-order valence-corrected chi connectivity index (χ3v) is 4.91. The third-order valence-electron chi connectivity index (χ3n) is 4.91. The first-order valence-corrected chi connectivity index (χ1v) is 10.2. The molecule has 3 aromatic rings. The Morgan fingerprint density at radius 3 is 2.16 bits per heavy atom. The van der Waals surface area contributed by atoms with E-state index in [9.17, 15) is 9.59 Å². The first-order chi connectivity index (χ1) is 15.0. The lowest BCUT2D eigenvalue weighted by atomic mass is 10.1. The van der Waals surface area contributed by atoms with Crippen LogP contribution in [0.25, 0.3) is 0 Å². The molecule has 2 aromatic carbocycles. The van der Waals surface area contributed by atoms with Crippen LogP contribution in [0.15, 0.2) is 60.7 Å². The zero-order chi connectivity index (χ0) is 22.2. The molecule has 0 unspecified atom stereocenters. The number of carbonyl (C=O) groups excluding carboxylic acids is 2. The first-order valence-electron chi connectivity index (χ1n) is 10.2. The van der Waals surface area contributed by atoms with Crippen LogP contribution >= 0.6 is 0 Å². The molecular weight excluding hydrogens is 394 g/mol. The van der Waals surface area contributed by atoms with Crippen LogP contribution in [0.1, 0.15) is 34.2 Å². The Bertz CT molecular complexity index is 1020. The summed E-state index contributed by atoms with van der Waals surface area (Å²) >= 11 is 0. The van der Waals surface area contributed by atoms with Crippen molar-refractivity contribution in [3.05, 3.63) is 83.2 Å². The summed E-state index contributed by atoms with van der Waals surface area (Å²) in [5, 5.41) is 0. The lowest BCUT2D eigenvalue weighted by molar-refractivity contribution is -0.144. The van der Waals surface area contributed by atoms with Gasteiger partial charge < -0.3 is 18.8 Å². The summed E-state index contributed by atoms with van der Waals surface area (Å²) in [5.41, 5.74) is 3.55. The lowest BCUT2D eigenvalue weighted by Gasteiger charge is -2.10. The number of aromatic nitrogens is 1. The Hall–Kier alpha value is -3.54. The minimum atomic E-state index is -0.597. The number of nitrogens with zero attached hydrogens (tertiary/aromatic N) is 1. The molecule has 0 saturated heterocycles. The molecular formula is C25H27NO5. The van der Waals surface area contributed by atoms with Gasteiger partial charge in [0.25, 0.3) is 0 Å². The highest BCUT2D eigenvalue weighted by atomic mass is 16.6. The summed E-state index contributed by atoms with van der Waals surface area (Å²) < 4.78 is 18.0. The third kappa shape index (κ3) is 5.98. The van der Waals surface area contributed by atoms with Gasteiger partial charge in [0.15, 0.2) is 13.2 Å². The van der Waals surface area contributed by atoms with Crippen molar-refractivity contribution in [2.75, 3.05) is 19.8 Å². The van der Waals surface area contributed by atoms with Crippen molar-refractivity contribution in [2.45, 2.75) is 27.3 Å². The standard InChI is InChI=1S/C25H27NO5/c1-4-29-21-10-12-22(13-11-21)30-17-25(28)31-16-24(27)23-14-18(2)26(19(23)3)15-20-8-6-5-7-9-20/h5-14H,4,15-17H2,1-3H3. The molecule has 0 aliphatic carbocycles. The molecule has 6 heteroatoms. The minimum absolute atomic E-state index is 0.234. The maximum absolute atomic E-state index is 12.6. The van der Waals surface area contributed by atoms with E-state index in [0.717, 1.165) is 22.7 Å². The molecule has 1 aromatic heterocycles. The van der Waals surface area contributed by atoms with Crippen molar-refractivity contribution in [2.24, 2.45) is 0 Å². The zero-order valence-corrected chi connectivity index (χ0v) is 18.1. The van der Waals surface area contributed by atoms with E-state index >= 15 is 0 Å². The Labute approximate surface area is 182 Å². The Balaban J connectivity index is 1.52. The van der Waals surface area contributed by atoms with E-state index in [1.165, 1.54) is 0 Å². The summed E-state index contributed by atoms with van der Waals surface area (Å²) in [7, 11) is 0. The molecule has 0 amide bonds. The van der Waals surface area contributed by atoms with Crippen LogP contribution < -0.4 is 9.47 Å². The van der Waals surface area contributed by atoms with Crippen LogP contribution in [0.2, 0.25) is 0 Å². The predicted molar refractivity (Wildman–Crippen MR) is 118 cm³/mol. The summed E-state index contributed by atoms with van der Waals surface area (Å²) in [6, 6.07) is 18.8. The van der Waals surface area contributed by atoms with Gasteiger partial charge in [0.1, 0.15) is 11.5 Å². The summed E-state index contributed by atoms with van der Waals surface area (Å²) in [6.07, 6.45) is 0. The topological polar surface area (TPSA) is 66.8 Å². The van der Waals surface area contributed by atoms with Crippen molar-refractivity contribution < 1.29 is 23.8 Å². The van der Waals surface area contributed by atoms with E-state index in [1.54, 1.807) is 24.3 Å². The fourth-order valence-electron chi connectivity index (χ4n) is 3.30. The second-order valence-electron chi connectivity index (χ2n) is 7.13. The highest BCUT2D eigenvalue weighted by molar-refractivity contribution is 5.99. The van der Waals surface area contributed by atoms with Crippen molar-refractivity contribution >= 4 is 11.8 Å². The number of hydrogen-bond acceptors (Lipinski definition) is 5. The highest BCUT2D eigenvalue weighted by Gasteiger charge is 2.17. The second kappa shape index (κ2) is 10.5. The summed E-state index contributed by atoms with van der Waals surface area (Å²) in [5.74, 6) is 0.422. The molecule has 0 aliphatic rings. The number of rotatable bonds is 10. The number of aryl methyl sites for hydroxylation is 1. The van der Waals surface area contributed by atoms with Crippen LogP contribution in [0.4, 0.5) is 0 Å². The minimum Gasteiger partial charge on any atom is -0.494 e. The van der Waals surface area contributed by atoms with E-state index in [-0.39, 0.29) is 19.0 Å². The van der Waals surface area contributed by atoms with Crippen LogP contribution in [0.5, 0.6) is 11.5 Å².